The minimum absolute atomic E-state index is 0.123. The fraction of sp³-hybridized carbons (Fsp3) is 0.929. The van der Waals surface area contributed by atoms with Gasteiger partial charge in [0.05, 0.1) is 12.2 Å². The molecule has 2 unspecified atom stereocenters. The summed E-state index contributed by atoms with van der Waals surface area (Å²) in [5.74, 6) is -1.48. The molecule has 2 aliphatic heterocycles. The van der Waals surface area contributed by atoms with Gasteiger partial charge in [0.15, 0.2) is 0 Å². The van der Waals surface area contributed by atoms with Gasteiger partial charge in [-0.2, -0.15) is 0 Å². The fourth-order valence-corrected chi connectivity index (χ4v) is 5.01. The third-order valence-corrected chi connectivity index (χ3v) is 7.10. The molecular weight excluding hydrogens is 460 g/mol. The summed E-state index contributed by atoms with van der Waals surface area (Å²) >= 11 is 0. The summed E-state index contributed by atoms with van der Waals surface area (Å²) in [4.78, 5) is 20.3. The molecule has 0 bridgehead atoms. The second kappa shape index (κ2) is 15.3. The molecule has 0 radical (unpaired) electrons. The van der Waals surface area contributed by atoms with Crippen LogP contribution in [0.15, 0.2) is 0 Å². The lowest BCUT2D eigenvalue weighted by molar-refractivity contribution is -0.138. The quantitative estimate of drug-likeness (QED) is 0.239. The number of aliphatic carboxylic acids is 2. The number of carbonyl (C=O) groups is 2. The molecule has 2 rings (SSSR count). The Kier molecular flexibility index (Phi) is 14.7. The summed E-state index contributed by atoms with van der Waals surface area (Å²) in [5, 5.41) is 42.8. The summed E-state index contributed by atoms with van der Waals surface area (Å²) in [6.07, 6.45) is 9.35. The summed E-state index contributed by atoms with van der Waals surface area (Å²) in [5.41, 5.74) is 0.120. The van der Waals surface area contributed by atoms with E-state index in [1.165, 1.54) is 0 Å². The minimum atomic E-state index is -0.740. The summed E-state index contributed by atoms with van der Waals surface area (Å²) in [7, 11) is 0. The van der Waals surface area contributed by atoms with Gasteiger partial charge in [0.1, 0.15) is 0 Å². The van der Waals surface area contributed by atoms with Gasteiger partial charge < -0.3 is 31.1 Å². The Labute approximate surface area is 219 Å². The van der Waals surface area contributed by atoms with Gasteiger partial charge in [0.2, 0.25) is 0 Å². The number of piperidine rings is 2. The van der Waals surface area contributed by atoms with E-state index in [0.717, 1.165) is 64.2 Å². The number of nitrogens with one attached hydrogen (secondary N) is 2. The lowest BCUT2D eigenvalue weighted by Gasteiger charge is -2.45. The Balaban J connectivity index is 0.000000515. The molecule has 8 heteroatoms. The number of aliphatic hydroxyl groups excluding tert-OH is 2. The Bertz CT molecular complexity index is 604. The molecule has 8 nitrogen and oxygen atoms in total. The Hall–Kier alpha value is -1.22. The Morgan fingerprint density at radius 1 is 0.611 bits per heavy atom. The maximum absolute atomic E-state index is 10.1. The van der Waals surface area contributed by atoms with Crippen LogP contribution in [0, 0.1) is 0 Å². The number of hydrogen-bond acceptors (Lipinski definition) is 6. The molecule has 2 fully saturated rings. The molecule has 0 spiro atoms. The van der Waals surface area contributed by atoms with Crippen molar-refractivity contribution in [2.75, 3.05) is 0 Å². The van der Waals surface area contributed by atoms with E-state index >= 15 is 0 Å². The highest BCUT2D eigenvalue weighted by atomic mass is 16.4. The number of hydrogen-bond donors (Lipinski definition) is 6. The highest BCUT2D eigenvalue weighted by molar-refractivity contribution is 5.66. The molecule has 0 aromatic heterocycles. The van der Waals surface area contributed by atoms with Crippen LogP contribution in [0.2, 0.25) is 0 Å². The first kappa shape index (κ1) is 34.8. The average Bonchev–Trinajstić information content (AvgIpc) is 2.69. The fourth-order valence-electron chi connectivity index (χ4n) is 5.01. The normalized spacial score (nSPS) is 25.4. The van der Waals surface area contributed by atoms with Crippen LogP contribution in [0.1, 0.15) is 132 Å². The van der Waals surface area contributed by atoms with Crippen LogP contribution in [0.5, 0.6) is 0 Å². The first-order valence-corrected chi connectivity index (χ1v) is 13.7. The van der Waals surface area contributed by atoms with Crippen molar-refractivity contribution in [2.45, 2.75) is 167 Å². The van der Waals surface area contributed by atoms with E-state index in [-0.39, 0.29) is 47.2 Å². The summed E-state index contributed by atoms with van der Waals surface area (Å²) in [6, 6.07) is 0. The average molecular weight is 517 g/mol. The van der Waals surface area contributed by atoms with Crippen molar-refractivity contribution >= 4 is 11.9 Å². The molecule has 0 aliphatic carbocycles. The van der Waals surface area contributed by atoms with Crippen molar-refractivity contribution in [1.29, 1.82) is 0 Å². The number of carboxylic acid groups (broad SMARTS) is 2. The standard InChI is InChI=1S/C10H18O4.2C9H19NO/c11-9(12)7-5-3-1-2-4-6-8-10(13)14;2*1-8(2)6-5-7(11)9(3,4)10-8/h1-8H2,(H,11,12)(H,13,14);2*7,10-11H,5-6H2,1-4H3. The number of unbranched alkanes of at least 4 members (excludes halogenated alkanes) is 5. The second-order valence-corrected chi connectivity index (χ2v) is 13.0. The predicted molar refractivity (Wildman–Crippen MR) is 145 cm³/mol. The van der Waals surface area contributed by atoms with Crippen molar-refractivity contribution in [3.63, 3.8) is 0 Å². The van der Waals surface area contributed by atoms with Crippen molar-refractivity contribution in [3.05, 3.63) is 0 Å². The monoisotopic (exact) mass is 516 g/mol. The number of aliphatic hydroxyl groups is 2. The molecule has 2 saturated heterocycles. The molecule has 0 aromatic carbocycles. The zero-order chi connectivity index (χ0) is 28.2. The lowest BCUT2D eigenvalue weighted by Crippen LogP contribution is -2.62. The Morgan fingerprint density at radius 2 is 0.889 bits per heavy atom. The van der Waals surface area contributed by atoms with E-state index in [4.69, 9.17) is 10.2 Å². The van der Waals surface area contributed by atoms with Gasteiger partial charge in [-0.05, 0) is 93.9 Å². The molecular formula is C28H56N2O6. The molecule has 2 atom stereocenters. The van der Waals surface area contributed by atoms with Crippen LogP contribution in [0.3, 0.4) is 0 Å². The maximum Gasteiger partial charge on any atom is 0.303 e. The van der Waals surface area contributed by atoms with Gasteiger partial charge in [-0.1, -0.05) is 25.7 Å². The predicted octanol–water partition coefficient (Wildman–Crippen LogP) is 4.85. The molecule has 2 aliphatic rings. The van der Waals surface area contributed by atoms with Crippen molar-refractivity contribution < 1.29 is 30.0 Å². The van der Waals surface area contributed by atoms with Crippen LogP contribution < -0.4 is 10.6 Å². The molecule has 0 aromatic rings. The largest absolute Gasteiger partial charge is 0.481 e. The van der Waals surface area contributed by atoms with E-state index in [1.54, 1.807) is 0 Å². The van der Waals surface area contributed by atoms with Crippen LogP contribution in [-0.4, -0.2) is 66.7 Å². The van der Waals surface area contributed by atoms with E-state index in [9.17, 15) is 19.8 Å². The highest BCUT2D eigenvalue weighted by Crippen LogP contribution is 2.29. The third kappa shape index (κ3) is 15.8. The van der Waals surface area contributed by atoms with Crippen LogP contribution >= 0.6 is 0 Å². The topological polar surface area (TPSA) is 139 Å². The maximum atomic E-state index is 10.1. The van der Waals surface area contributed by atoms with E-state index < -0.39 is 11.9 Å². The van der Waals surface area contributed by atoms with Crippen LogP contribution in [-0.2, 0) is 9.59 Å². The first-order valence-electron chi connectivity index (χ1n) is 13.7. The first-order chi connectivity index (χ1) is 16.3. The molecule has 2 heterocycles. The highest BCUT2D eigenvalue weighted by Gasteiger charge is 2.39. The van der Waals surface area contributed by atoms with E-state index in [2.05, 4.69) is 66.0 Å². The van der Waals surface area contributed by atoms with E-state index in [1.807, 2.05) is 0 Å². The number of carboxylic acids is 2. The van der Waals surface area contributed by atoms with Crippen molar-refractivity contribution in [1.82, 2.24) is 10.6 Å². The van der Waals surface area contributed by atoms with Crippen LogP contribution in [0.25, 0.3) is 0 Å². The molecule has 36 heavy (non-hydrogen) atoms. The Morgan fingerprint density at radius 3 is 1.11 bits per heavy atom. The lowest BCUT2D eigenvalue weighted by atomic mass is 9.81. The minimum Gasteiger partial charge on any atom is -0.481 e. The SMILES string of the molecule is CC1(C)CCC(O)C(C)(C)N1.CC1(C)CCC(O)C(C)(C)N1.O=C(O)CCCCCCCCC(=O)O. The van der Waals surface area contributed by atoms with Crippen molar-refractivity contribution in [3.8, 4) is 0 Å². The summed E-state index contributed by atoms with van der Waals surface area (Å²) < 4.78 is 0. The van der Waals surface area contributed by atoms with Gasteiger partial charge in [-0.3, -0.25) is 9.59 Å². The molecule has 214 valence electrons. The number of rotatable bonds is 9. The van der Waals surface area contributed by atoms with Crippen LogP contribution in [0.4, 0.5) is 0 Å². The third-order valence-electron chi connectivity index (χ3n) is 7.10. The van der Waals surface area contributed by atoms with E-state index in [0.29, 0.717) is 0 Å². The summed E-state index contributed by atoms with van der Waals surface area (Å²) in [6.45, 7) is 16.9. The zero-order valence-electron chi connectivity index (χ0n) is 24.2. The zero-order valence-corrected chi connectivity index (χ0v) is 24.2. The van der Waals surface area contributed by atoms with Gasteiger partial charge >= 0.3 is 11.9 Å². The van der Waals surface area contributed by atoms with Gasteiger partial charge in [-0.25, -0.2) is 0 Å². The smallest absolute Gasteiger partial charge is 0.303 e. The molecule has 0 saturated carbocycles. The van der Waals surface area contributed by atoms with Gasteiger partial charge in [0, 0.05) is 35.0 Å². The van der Waals surface area contributed by atoms with Gasteiger partial charge in [-0.15, -0.1) is 0 Å². The molecule has 0 amide bonds. The molecule has 6 N–H and O–H groups in total. The second-order valence-electron chi connectivity index (χ2n) is 13.0. The van der Waals surface area contributed by atoms with Crippen molar-refractivity contribution in [2.24, 2.45) is 0 Å². The van der Waals surface area contributed by atoms with Gasteiger partial charge in [0.25, 0.3) is 0 Å².